The molecule has 2 fully saturated rings. The summed E-state index contributed by atoms with van der Waals surface area (Å²) in [6, 6.07) is 2.39. The van der Waals surface area contributed by atoms with Crippen molar-refractivity contribution in [1.82, 2.24) is 9.47 Å². The average molecular weight is 563 g/mol. The lowest BCUT2D eigenvalue weighted by Gasteiger charge is -2.38. The van der Waals surface area contributed by atoms with Crippen molar-refractivity contribution in [1.29, 1.82) is 0 Å². The van der Waals surface area contributed by atoms with Crippen LogP contribution in [0.5, 0.6) is 0 Å². The lowest BCUT2D eigenvalue weighted by molar-refractivity contribution is 0.0566. The molecule has 37 heavy (non-hydrogen) atoms. The summed E-state index contributed by atoms with van der Waals surface area (Å²) in [6.07, 6.45) is 1.43. The Labute approximate surface area is 208 Å². The van der Waals surface area contributed by atoms with Crippen LogP contribution in [0.2, 0.25) is 0 Å². The van der Waals surface area contributed by atoms with Crippen molar-refractivity contribution in [3.05, 3.63) is 39.9 Å². The van der Waals surface area contributed by atoms with Crippen LogP contribution in [0.1, 0.15) is 36.2 Å². The van der Waals surface area contributed by atoms with Crippen LogP contribution < -0.4 is 10.3 Å². The molecule has 0 atom stereocenters. The molecule has 1 aromatic heterocycles. The molecule has 0 unspecified atom stereocenters. The fourth-order valence-corrected chi connectivity index (χ4v) is 5.81. The average Bonchev–Trinajstić information content (AvgIpc) is 3.63. The molecule has 0 spiro atoms. The number of aromatic carboxylic acids is 1. The minimum Gasteiger partial charge on any atom is -0.477 e. The fraction of sp³-hybridized carbons (Fsp3) is 0.450. The first-order valence-corrected chi connectivity index (χ1v) is 14.2. The zero-order chi connectivity index (χ0) is 27.5. The van der Waals surface area contributed by atoms with Gasteiger partial charge in [0.1, 0.15) is 11.4 Å². The zero-order valence-corrected chi connectivity index (χ0v) is 21.1. The standard InChI is InChI=1S/C20H24FN3O11P2/c1-20(36(29,30)31,37(32,33)34)35-19(28)23-6-4-22(5-7-23)16-9-15-12(8-14(16)21)17(25)13(18(26)27)10-24(15)11-2-3-11/h8-11H,2-7H2,1H3,(H,26,27)(H2,29,30,31)(H2,32,33,34). The molecule has 14 nitrogen and oxygen atoms in total. The molecule has 1 aliphatic carbocycles. The second-order valence-electron chi connectivity index (χ2n) is 9.00. The Morgan fingerprint density at radius 2 is 1.62 bits per heavy atom. The Balaban J connectivity index is 1.58. The van der Waals surface area contributed by atoms with E-state index in [9.17, 15) is 48.2 Å². The molecule has 0 bridgehead atoms. The van der Waals surface area contributed by atoms with Crippen molar-refractivity contribution in [2.75, 3.05) is 31.1 Å². The molecule has 17 heteroatoms. The van der Waals surface area contributed by atoms with Crippen LogP contribution in [0.15, 0.2) is 23.1 Å². The van der Waals surface area contributed by atoms with Crippen LogP contribution in [0.25, 0.3) is 10.9 Å². The van der Waals surface area contributed by atoms with E-state index in [1.54, 1.807) is 9.47 Å². The number of hydrogen-bond donors (Lipinski definition) is 5. The van der Waals surface area contributed by atoms with Crippen molar-refractivity contribution in [3.8, 4) is 0 Å². The highest BCUT2D eigenvalue weighted by Crippen LogP contribution is 2.69. The number of carboxylic acids is 1. The summed E-state index contributed by atoms with van der Waals surface area (Å²) in [7, 11) is -11.2. The summed E-state index contributed by atoms with van der Waals surface area (Å²) in [5, 5.41) is 5.91. The maximum Gasteiger partial charge on any atom is 0.411 e. The molecular formula is C20H24FN3O11P2. The van der Waals surface area contributed by atoms with E-state index < -0.39 is 49.1 Å². The van der Waals surface area contributed by atoms with Crippen molar-refractivity contribution in [2.24, 2.45) is 0 Å². The number of carbonyl (C=O) groups excluding carboxylic acids is 1. The van der Waals surface area contributed by atoms with Gasteiger partial charge in [-0.05, 0) is 31.9 Å². The van der Waals surface area contributed by atoms with Crippen molar-refractivity contribution < 1.29 is 52.5 Å². The highest BCUT2D eigenvalue weighted by atomic mass is 31.2. The third-order valence-electron chi connectivity index (χ3n) is 6.51. The number of carboxylic acid groups (broad SMARTS) is 1. The molecule has 1 amide bonds. The van der Waals surface area contributed by atoms with Crippen molar-refractivity contribution in [2.45, 2.75) is 30.9 Å². The van der Waals surface area contributed by atoms with Crippen LogP contribution in [-0.4, -0.2) is 77.5 Å². The predicted octanol–water partition coefficient (Wildman–Crippen LogP) is 1.46. The van der Waals surface area contributed by atoms with E-state index in [0.29, 0.717) is 12.4 Å². The maximum atomic E-state index is 15.1. The van der Waals surface area contributed by atoms with Gasteiger partial charge in [0, 0.05) is 43.8 Å². The van der Waals surface area contributed by atoms with Gasteiger partial charge in [-0.25, -0.2) is 14.0 Å². The number of pyridine rings is 1. The van der Waals surface area contributed by atoms with Gasteiger partial charge in [0.15, 0.2) is 0 Å². The number of amides is 1. The molecule has 202 valence electrons. The zero-order valence-electron chi connectivity index (χ0n) is 19.4. The number of aromatic nitrogens is 1. The van der Waals surface area contributed by atoms with Crippen LogP contribution >= 0.6 is 15.2 Å². The van der Waals surface area contributed by atoms with E-state index >= 15 is 4.39 Å². The largest absolute Gasteiger partial charge is 0.477 e. The van der Waals surface area contributed by atoms with Gasteiger partial charge in [-0.1, -0.05) is 0 Å². The monoisotopic (exact) mass is 563 g/mol. The number of anilines is 1. The quantitative estimate of drug-likeness (QED) is 0.317. The van der Waals surface area contributed by atoms with E-state index in [-0.39, 0.29) is 43.3 Å². The van der Waals surface area contributed by atoms with Gasteiger partial charge in [0.05, 0.1) is 11.2 Å². The number of rotatable bonds is 6. The first kappa shape index (κ1) is 27.2. The Morgan fingerprint density at radius 1 is 1.05 bits per heavy atom. The number of benzene rings is 1. The molecule has 2 aliphatic rings. The highest BCUT2D eigenvalue weighted by Gasteiger charge is 2.60. The lowest BCUT2D eigenvalue weighted by atomic mass is 10.1. The van der Waals surface area contributed by atoms with Crippen LogP contribution in [-0.2, 0) is 13.9 Å². The van der Waals surface area contributed by atoms with Crippen LogP contribution in [0.3, 0.4) is 0 Å². The van der Waals surface area contributed by atoms with Gasteiger partial charge in [-0.3, -0.25) is 13.9 Å². The molecule has 4 rings (SSSR count). The van der Waals surface area contributed by atoms with E-state index in [4.69, 9.17) is 0 Å². The van der Waals surface area contributed by atoms with Crippen molar-refractivity contribution >= 4 is 43.8 Å². The summed E-state index contributed by atoms with van der Waals surface area (Å²) in [5.74, 6) is -2.21. The number of nitrogens with zero attached hydrogens (tertiary/aromatic N) is 3. The number of hydrogen-bond acceptors (Lipinski definition) is 7. The topological polar surface area (TPSA) is 207 Å². The van der Waals surface area contributed by atoms with Gasteiger partial charge in [-0.2, -0.15) is 0 Å². The van der Waals surface area contributed by atoms with Crippen LogP contribution in [0.4, 0.5) is 14.9 Å². The molecule has 1 saturated heterocycles. The van der Waals surface area contributed by atoms with E-state index in [0.717, 1.165) is 23.8 Å². The molecular weight excluding hydrogens is 539 g/mol. The summed E-state index contributed by atoms with van der Waals surface area (Å²) in [5.41, 5.74) is -0.825. The van der Waals surface area contributed by atoms with Crippen LogP contribution in [0, 0.1) is 5.82 Å². The third kappa shape index (κ3) is 4.90. The lowest BCUT2D eigenvalue weighted by Crippen LogP contribution is -2.50. The fourth-order valence-electron chi connectivity index (χ4n) is 4.06. The second-order valence-corrected chi connectivity index (χ2v) is 13.2. The van der Waals surface area contributed by atoms with Gasteiger partial charge < -0.3 is 43.8 Å². The number of fused-ring (bicyclic) bond motifs is 1. The SMILES string of the molecule is CC(OC(=O)N1CCN(c2cc3c(cc2F)c(=O)c(C(=O)O)cn3C2CC2)CC1)(P(=O)(O)O)P(=O)(O)O. The minimum atomic E-state index is -5.58. The Kier molecular flexibility index (Phi) is 6.77. The van der Waals surface area contributed by atoms with Gasteiger partial charge in [-0.15, -0.1) is 0 Å². The molecule has 1 aliphatic heterocycles. The highest BCUT2D eigenvalue weighted by molar-refractivity contribution is 7.72. The van der Waals surface area contributed by atoms with Crippen molar-refractivity contribution in [3.63, 3.8) is 0 Å². The molecule has 5 N–H and O–H groups in total. The molecule has 2 heterocycles. The van der Waals surface area contributed by atoms with E-state index in [1.165, 1.54) is 12.3 Å². The summed E-state index contributed by atoms with van der Waals surface area (Å²) in [6.45, 7) is 0.203. The number of piperazine rings is 1. The predicted molar refractivity (Wildman–Crippen MR) is 126 cm³/mol. The van der Waals surface area contributed by atoms with Gasteiger partial charge >= 0.3 is 32.3 Å². The third-order valence-corrected chi connectivity index (χ3v) is 10.4. The normalized spacial score (nSPS) is 17.2. The molecule has 1 aromatic carbocycles. The maximum absolute atomic E-state index is 15.1. The second kappa shape index (κ2) is 9.19. The summed E-state index contributed by atoms with van der Waals surface area (Å²) < 4.78 is 44.7. The first-order chi connectivity index (χ1) is 17.0. The molecule has 0 radical (unpaired) electrons. The van der Waals surface area contributed by atoms with Gasteiger partial charge in [0.2, 0.25) is 5.43 Å². The molecule has 2 aromatic rings. The summed E-state index contributed by atoms with van der Waals surface area (Å²) >= 11 is 0. The Morgan fingerprint density at radius 3 is 2.11 bits per heavy atom. The number of ether oxygens (including phenoxy) is 1. The minimum absolute atomic E-state index is 0.0148. The first-order valence-electron chi connectivity index (χ1n) is 11.0. The van der Waals surface area contributed by atoms with E-state index in [2.05, 4.69) is 4.74 Å². The molecule has 1 saturated carbocycles. The smallest absolute Gasteiger partial charge is 0.411 e. The number of carbonyl (C=O) groups is 2. The van der Waals surface area contributed by atoms with E-state index in [1.807, 2.05) is 0 Å². The van der Waals surface area contributed by atoms with Gasteiger partial charge in [0.25, 0.3) is 0 Å². The number of halogens is 1. The summed E-state index contributed by atoms with van der Waals surface area (Å²) in [4.78, 5) is 76.6. The Bertz CT molecular complexity index is 1420. The Hall–Kier alpha value is -2.80.